The van der Waals surface area contributed by atoms with Gasteiger partial charge in [0.15, 0.2) is 0 Å². The highest BCUT2D eigenvalue weighted by Gasteiger charge is 2.14. The minimum atomic E-state index is 0.0722. The minimum absolute atomic E-state index is 0.0722. The number of benzene rings is 1. The molecule has 2 aromatic heterocycles. The number of ether oxygens (including phenoxy) is 1. The molecule has 132 valence electrons. The Hall–Kier alpha value is -1.85. The number of hydrogen-bond acceptors (Lipinski definition) is 4. The molecule has 6 heteroatoms. The summed E-state index contributed by atoms with van der Waals surface area (Å²) >= 11 is 7.45. The second-order valence-electron chi connectivity index (χ2n) is 6.09. The van der Waals surface area contributed by atoms with E-state index in [1.54, 1.807) is 15.9 Å². The number of rotatable bonds is 6. The molecule has 2 heterocycles. The van der Waals surface area contributed by atoms with Gasteiger partial charge in [-0.2, -0.15) is 0 Å². The molecule has 0 amide bonds. The fourth-order valence-corrected chi connectivity index (χ4v) is 3.98. The number of fused-ring (bicyclic) bond motifs is 1. The molecule has 0 fully saturated rings. The fourth-order valence-electron chi connectivity index (χ4n) is 2.79. The Kier molecular flexibility index (Phi) is 5.45. The summed E-state index contributed by atoms with van der Waals surface area (Å²) in [5.41, 5.74) is 1.13. The second-order valence-corrected chi connectivity index (χ2v) is 7.73. The molecular weight excluding hydrogens is 356 g/mol. The van der Waals surface area contributed by atoms with Gasteiger partial charge in [0.1, 0.15) is 16.4 Å². The third-order valence-corrected chi connectivity index (χ3v) is 5.69. The first-order valence-electron chi connectivity index (χ1n) is 8.33. The van der Waals surface area contributed by atoms with Crippen LogP contribution < -0.4 is 10.3 Å². The third kappa shape index (κ3) is 3.88. The molecule has 0 saturated heterocycles. The van der Waals surface area contributed by atoms with E-state index >= 15 is 0 Å². The van der Waals surface area contributed by atoms with Gasteiger partial charge in [-0.1, -0.05) is 11.6 Å². The van der Waals surface area contributed by atoms with Crippen molar-refractivity contribution in [3.8, 4) is 5.75 Å². The molecule has 3 aromatic rings. The average Bonchev–Trinajstić information content (AvgIpc) is 2.86. The standard InChI is InChI=1S/C19H21ClN2O2S/c1-12-13(2)25-18-17(12)19(23)22(14(3)21-18)10-4-5-11-24-16-8-6-15(20)7-9-16/h6-9H,4-5,10-11H2,1-3H3. The predicted molar refractivity (Wildman–Crippen MR) is 104 cm³/mol. The van der Waals surface area contributed by atoms with Crippen LogP contribution in [0.2, 0.25) is 5.02 Å². The molecule has 0 unspecified atom stereocenters. The van der Waals surface area contributed by atoms with Crippen LogP contribution in [0.15, 0.2) is 29.1 Å². The lowest BCUT2D eigenvalue weighted by molar-refractivity contribution is 0.302. The van der Waals surface area contributed by atoms with Gasteiger partial charge in [0.2, 0.25) is 0 Å². The lowest BCUT2D eigenvalue weighted by atomic mass is 10.2. The van der Waals surface area contributed by atoms with Crippen molar-refractivity contribution in [1.29, 1.82) is 0 Å². The molecule has 0 aliphatic carbocycles. The van der Waals surface area contributed by atoms with E-state index < -0.39 is 0 Å². The van der Waals surface area contributed by atoms with Gasteiger partial charge in [0, 0.05) is 16.4 Å². The van der Waals surface area contributed by atoms with E-state index in [-0.39, 0.29) is 5.56 Å². The van der Waals surface area contributed by atoms with Crippen molar-refractivity contribution in [3.63, 3.8) is 0 Å². The molecule has 3 rings (SSSR count). The van der Waals surface area contributed by atoms with Gasteiger partial charge in [-0.25, -0.2) is 4.98 Å². The van der Waals surface area contributed by atoms with Crippen molar-refractivity contribution < 1.29 is 4.74 Å². The molecule has 0 saturated carbocycles. The summed E-state index contributed by atoms with van der Waals surface area (Å²) in [5, 5.41) is 1.47. The van der Waals surface area contributed by atoms with Crippen LogP contribution in [-0.4, -0.2) is 16.2 Å². The molecule has 25 heavy (non-hydrogen) atoms. The summed E-state index contributed by atoms with van der Waals surface area (Å²) in [6.07, 6.45) is 1.73. The van der Waals surface area contributed by atoms with E-state index in [1.165, 1.54) is 0 Å². The highest BCUT2D eigenvalue weighted by molar-refractivity contribution is 7.18. The monoisotopic (exact) mass is 376 g/mol. The number of unbranched alkanes of at least 4 members (excludes halogenated alkanes) is 1. The molecule has 0 spiro atoms. The van der Waals surface area contributed by atoms with Crippen LogP contribution in [-0.2, 0) is 6.54 Å². The van der Waals surface area contributed by atoms with Gasteiger partial charge in [0.25, 0.3) is 5.56 Å². The van der Waals surface area contributed by atoms with Gasteiger partial charge < -0.3 is 4.74 Å². The molecule has 0 N–H and O–H groups in total. The number of thiophene rings is 1. The molecular formula is C19H21ClN2O2S. The molecule has 0 bridgehead atoms. The third-order valence-electron chi connectivity index (χ3n) is 4.34. The number of aryl methyl sites for hydroxylation is 3. The fraction of sp³-hybridized carbons (Fsp3) is 0.368. The van der Waals surface area contributed by atoms with Gasteiger partial charge in [0.05, 0.1) is 12.0 Å². The lowest BCUT2D eigenvalue weighted by Gasteiger charge is -2.10. The van der Waals surface area contributed by atoms with Crippen molar-refractivity contribution in [2.45, 2.75) is 40.2 Å². The van der Waals surface area contributed by atoms with Gasteiger partial charge in [-0.15, -0.1) is 11.3 Å². The Morgan fingerprint density at radius 1 is 1.16 bits per heavy atom. The SMILES string of the molecule is Cc1sc2nc(C)n(CCCCOc3ccc(Cl)cc3)c(=O)c2c1C. The first kappa shape index (κ1) is 18.0. The number of hydrogen-bond donors (Lipinski definition) is 0. The van der Waals surface area contributed by atoms with Crippen molar-refractivity contribution in [3.05, 3.63) is 55.9 Å². The second kappa shape index (κ2) is 7.58. The van der Waals surface area contributed by atoms with E-state index in [0.29, 0.717) is 18.2 Å². The van der Waals surface area contributed by atoms with Crippen LogP contribution in [0, 0.1) is 20.8 Å². The predicted octanol–water partition coefficient (Wildman–Crippen LogP) is 4.90. The van der Waals surface area contributed by atoms with E-state index in [1.807, 2.05) is 45.0 Å². The number of nitrogens with zero attached hydrogens (tertiary/aromatic N) is 2. The molecule has 0 aliphatic heterocycles. The first-order valence-corrected chi connectivity index (χ1v) is 9.52. The van der Waals surface area contributed by atoms with E-state index in [4.69, 9.17) is 16.3 Å². The number of halogens is 1. The zero-order valence-electron chi connectivity index (χ0n) is 14.6. The van der Waals surface area contributed by atoms with Crippen LogP contribution in [0.3, 0.4) is 0 Å². The molecule has 0 aliphatic rings. The maximum absolute atomic E-state index is 12.8. The largest absolute Gasteiger partial charge is 0.494 e. The Balaban J connectivity index is 1.62. The van der Waals surface area contributed by atoms with Crippen LogP contribution >= 0.6 is 22.9 Å². The van der Waals surface area contributed by atoms with Crippen LogP contribution in [0.25, 0.3) is 10.2 Å². The summed E-state index contributed by atoms with van der Waals surface area (Å²) in [6, 6.07) is 7.34. The topological polar surface area (TPSA) is 44.1 Å². The Bertz CT molecular complexity index is 945. The average molecular weight is 377 g/mol. The summed E-state index contributed by atoms with van der Waals surface area (Å²) in [6.45, 7) is 7.20. The summed E-state index contributed by atoms with van der Waals surface area (Å²) in [4.78, 5) is 19.4. The van der Waals surface area contributed by atoms with Crippen molar-refractivity contribution in [1.82, 2.24) is 9.55 Å². The van der Waals surface area contributed by atoms with Crippen LogP contribution in [0.4, 0.5) is 0 Å². The zero-order valence-corrected chi connectivity index (χ0v) is 16.2. The van der Waals surface area contributed by atoms with E-state index in [2.05, 4.69) is 4.98 Å². The normalized spacial score (nSPS) is 11.2. The summed E-state index contributed by atoms with van der Waals surface area (Å²) in [5.74, 6) is 1.59. The van der Waals surface area contributed by atoms with Gasteiger partial charge in [-0.05, 0) is 63.4 Å². The lowest BCUT2D eigenvalue weighted by Crippen LogP contribution is -2.24. The molecule has 1 aromatic carbocycles. The van der Waals surface area contributed by atoms with Gasteiger partial charge >= 0.3 is 0 Å². The van der Waals surface area contributed by atoms with Crippen molar-refractivity contribution >= 4 is 33.2 Å². The zero-order chi connectivity index (χ0) is 18.0. The summed E-state index contributed by atoms with van der Waals surface area (Å²) in [7, 11) is 0. The Morgan fingerprint density at radius 2 is 1.88 bits per heavy atom. The van der Waals surface area contributed by atoms with E-state index in [9.17, 15) is 4.79 Å². The maximum Gasteiger partial charge on any atom is 0.262 e. The van der Waals surface area contributed by atoms with Crippen LogP contribution in [0.5, 0.6) is 5.75 Å². The first-order chi connectivity index (χ1) is 12.0. The highest BCUT2D eigenvalue weighted by atomic mass is 35.5. The maximum atomic E-state index is 12.8. The van der Waals surface area contributed by atoms with Gasteiger partial charge in [-0.3, -0.25) is 9.36 Å². The Morgan fingerprint density at radius 3 is 2.60 bits per heavy atom. The highest BCUT2D eigenvalue weighted by Crippen LogP contribution is 2.26. The summed E-state index contributed by atoms with van der Waals surface area (Å²) < 4.78 is 7.47. The quantitative estimate of drug-likeness (QED) is 0.575. The molecule has 0 radical (unpaired) electrons. The van der Waals surface area contributed by atoms with Crippen molar-refractivity contribution in [2.24, 2.45) is 0 Å². The number of aromatic nitrogens is 2. The van der Waals surface area contributed by atoms with Crippen LogP contribution in [0.1, 0.15) is 29.1 Å². The van der Waals surface area contributed by atoms with Crippen molar-refractivity contribution in [2.75, 3.05) is 6.61 Å². The smallest absolute Gasteiger partial charge is 0.262 e. The Labute approximate surface area is 156 Å². The van der Waals surface area contributed by atoms with E-state index in [0.717, 1.165) is 45.1 Å². The molecule has 0 atom stereocenters. The molecule has 4 nitrogen and oxygen atoms in total. The minimum Gasteiger partial charge on any atom is -0.494 e.